The van der Waals surface area contributed by atoms with Crippen LogP contribution in [-0.2, 0) is 22.3 Å². The molecule has 0 radical (unpaired) electrons. The summed E-state index contributed by atoms with van der Waals surface area (Å²) in [4.78, 5) is 4.09. The fraction of sp³-hybridized carbons (Fsp3) is 0.267. The van der Waals surface area contributed by atoms with Gasteiger partial charge < -0.3 is 9.05 Å². The van der Waals surface area contributed by atoms with E-state index in [4.69, 9.17) is 9.05 Å². The average Bonchev–Trinajstić information content (AvgIpc) is 3.13. The van der Waals surface area contributed by atoms with Gasteiger partial charge in [-0.15, -0.1) is 0 Å². The lowest BCUT2D eigenvalue weighted by atomic mass is 10.2. The molecule has 2 heterocycles. The summed E-state index contributed by atoms with van der Waals surface area (Å²) in [6, 6.07) is 9.00. The number of aryl methyl sites for hydroxylation is 2. The van der Waals surface area contributed by atoms with Crippen LogP contribution in [0.2, 0.25) is 0 Å². The van der Waals surface area contributed by atoms with Crippen molar-refractivity contribution in [2.75, 3.05) is 0 Å². The first-order chi connectivity index (χ1) is 11.4. The fourth-order valence-electron chi connectivity index (χ4n) is 2.15. The molecule has 24 heavy (non-hydrogen) atoms. The van der Waals surface area contributed by atoms with E-state index in [-0.39, 0.29) is 24.0 Å². The third-order valence-electron chi connectivity index (χ3n) is 3.21. The molecule has 126 valence electrons. The van der Waals surface area contributed by atoms with Crippen LogP contribution in [0.25, 0.3) is 11.5 Å². The maximum Gasteiger partial charge on any atom is 0.242 e. The summed E-state index contributed by atoms with van der Waals surface area (Å²) in [5, 5.41) is 7.53. The Kier molecular flexibility index (Phi) is 4.45. The standard InChI is InChI=1S/C15H16N4O4S/c1-10-4-3-5-12(6-10)9-24(20,21)16-8-14-17-15(19-23-14)13-7-11(2)22-18-13/h3-7,16H,8-9H2,1-2H3. The monoisotopic (exact) mass is 348 g/mol. The maximum absolute atomic E-state index is 12.1. The van der Waals surface area contributed by atoms with Crippen molar-refractivity contribution in [3.8, 4) is 11.5 Å². The first kappa shape index (κ1) is 16.3. The highest BCUT2D eigenvalue weighted by Gasteiger charge is 2.16. The second kappa shape index (κ2) is 6.54. The molecule has 1 aromatic carbocycles. The Balaban J connectivity index is 1.63. The van der Waals surface area contributed by atoms with Gasteiger partial charge in [-0.05, 0) is 19.4 Å². The molecule has 0 spiro atoms. The number of rotatable bonds is 6. The minimum Gasteiger partial charge on any atom is -0.361 e. The number of benzene rings is 1. The van der Waals surface area contributed by atoms with Crippen molar-refractivity contribution in [1.29, 1.82) is 0 Å². The van der Waals surface area contributed by atoms with Gasteiger partial charge in [-0.25, -0.2) is 13.1 Å². The number of nitrogens with zero attached hydrogens (tertiary/aromatic N) is 3. The zero-order chi connectivity index (χ0) is 17.2. The lowest BCUT2D eigenvalue weighted by Crippen LogP contribution is -2.24. The van der Waals surface area contributed by atoms with E-state index in [1.54, 1.807) is 19.1 Å². The van der Waals surface area contributed by atoms with E-state index in [1.165, 1.54) is 0 Å². The topological polar surface area (TPSA) is 111 Å². The molecule has 2 aromatic heterocycles. The summed E-state index contributed by atoms with van der Waals surface area (Å²) in [5.41, 5.74) is 2.16. The van der Waals surface area contributed by atoms with Crippen LogP contribution in [0.4, 0.5) is 0 Å². The molecule has 0 fully saturated rings. The predicted octanol–water partition coefficient (Wildman–Crippen LogP) is 1.96. The third-order valence-corrected chi connectivity index (χ3v) is 4.51. The Bertz CT molecular complexity index is 946. The first-order valence-electron chi connectivity index (χ1n) is 7.20. The third kappa shape index (κ3) is 4.06. The Hall–Kier alpha value is -2.52. The van der Waals surface area contributed by atoms with Crippen molar-refractivity contribution in [3.05, 3.63) is 53.1 Å². The molecule has 0 aliphatic heterocycles. The van der Waals surface area contributed by atoms with Gasteiger partial charge in [0, 0.05) is 6.07 Å². The Morgan fingerprint density at radius 3 is 2.67 bits per heavy atom. The zero-order valence-electron chi connectivity index (χ0n) is 13.2. The Morgan fingerprint density at radius 1 is 1.12 bits per heavy atom. The van der Waals surface area contributed by atoms with Crippen molar-refractivity contribution >= 4 is 10.0 Å². The van der Waals surface area contributed by atoms with Gasteiger partial charge in [-0.2, -0.15) is 4.98 Å². The van der Waals surface area contributed by atoms with Crippen LogP contribution in [-0.4, -0.2) is 23.7 Å². The molecular formula is C15H16N4O4S. The highest BCUT2D eigenvalue weighted by Crippen LogP contribution is 2.15. The van der Waals surface area contributed by atoms with E-state index in [9.17, 15) is 8.42 Å². The molecule has 0 amide bonds. The van der Waals surface area contributed by atoms with Crippen molar-refractivity contribution in [3.63, 3.8) is 0 Å². The van der Waals surface area contributed by atoms with Gasteiger partial charge >= 0.3 is 0 Å². The number of nitrogens with one attached hydrogen (secondary N) is 1. The van der Waals surface area contributed by atoms with Gasteiger partial charge in [0.1, 0.15) is 5.76 Å². The van der Waals surface area contributed by atoms with Crippen LogP contribution in [0.1, 0.15) is 22.8 Å². The normalized spacial score (nSPS) is 11.8. The lowest BCUT2D eigenvalue weighted by Gasteiger charge is -2.05. The van der Waals surface area contributed by atoms with Crippen molar-refractivity contribution in [1.82, 2.24) is 20.0 Å². The molecule has 0 saturated carbocycles. The minimum atomic E-state index is -3.51. The van der Waals surface area contributed by atoms with Gasteiger partial charge in [0.2, 0.25) is 21.7 Å². The molecule has 0 bridgehead atoms. The van der Waals surface area contributed by atoms with Crippen LogP contribution in [0.5, 0.6) is 0 Å². The van der Waals surface area contributed by atoms with E-state index in [0.29, 0.717) is 17.0 Å². The number of hydrogen-bond acceptors (Lipinski definition) is 7. The van der Waals surface area contributed by atoms with Gasteiger partial charge in [0.05, 0.1) is 12.3 Å². The largest absolute Gasteiger partial charge is 0.361 e. The predicted molar refractivity (Wildman–Crippen MR) is 85.2 cm³/mol. The SMILES string of the molecule is Cc1cccc(CS(=O)(=O)NCc2nc(-c3cc(C)on3)no2)c1. The van der Waals surface area contributed by atoms with Gasteiger partial charge in [0.15, 0.2) is 5.69 Å². The summed E-state index contributed by atoms with van der Waals surface area (Å²) in [6.07, 6.45) is 0. The summed E-state index contributed by atoms with van der Waals surface area (Å²) >= 11 is 0. The second-order valence-electron chi connectivity index (χ2n) is 5.40. The molecule has 9 heteroatoms. The molecule has 0 atom stereocenters. The highest BCUT2D eigenvalue weighted by atomic mass is 32.2. The minimum absolute atomic E-state index is 0.0853. The van der Waals surface area contributed by atoms with E-state index >= 15 is 0 Å². The molecule has 0 aliphatic carbocycles. The zero-order valence-corrected chi connectivity index (χ0v) is 14.0. The summed E-state index contributed by atoms with van der Waals surface area (Å²) < 4.78 is 36.7. The summed E-state index contributed by atoms with van der Waals surface area (Å²) in [5.74, 6) is 0.909. The molecule has 0 unspecified atom stereocenters. The van der Waals surface area contributed by atoms with Crippen LogP contribution in [0.3, 0.4) is 0 Å². The molecule has 0 aliphatic rings. The van der Waals surface area contributed by atoms with E-state index in [0.717, 1.165) is 5.56 Å². The van der Waals surface area contributed by atoms with E-state index in [2.05, 4.69) is 20.0 Å². The molecular weight excluding hydrogens is 332 g/mol. The van der Waals surface area contributed by atoms with Gasteiger partial charge in [-0.1, -0.05) is 40.1 Å². The molecule has 1 N–H and O–H groups in total. The number of sulfonamides is 1. The van der Waals surface area contributed by atoms with Crippen LogP contribution >= 0.6 is 0 Å². The van der Waals surface area contributed by atoms with E-state index < -0.39 is 10.0 Å². The molecule has 0 saturated heterocycles. The van der Waals surface area contributed by atoms with Crippen molar-refractivity contribution in [2.24, 2.45) is 0 Å². The quantitative estimate of drug-likeness (QED) is 0.725. The lowest BCUT2D eigenvalue weighted by molar-refractivity contribution is 0.374. The maximum atomic E-state index is 12.1. The van der Waals surface area contributed by atoms with Crippen LogP contribution in [0, 0.1) is 13.8 Å². The Labute approximate surface area is 138 Å². The van der Waals surface area contributed by atoms with Gasteiger partial charge in [0.25, 0.3) is 0 Å². The molecule has 3 rings (SSSR count). The molecule has 3 aromatic rings. The number of aromatic nitrogens is 3. The van der Waals surface area contributed by atoms with Crippen molar-refractivity contribution < 1.29 is 17.5 Å². The second-order valence-corrected chi connectivity index (χ2v) is 7.21. The van der Waals surface area contributed by atoms with Crippen LogP contribution in [0.15, 0.2) is 39.4 Å². The van der Waals surface area contributed by atoms with Gasteiger partial charge in [-0.3, -0.25) is 0 Å². The molecule has 8 nitrogen and oxygen atoms in total. The van der Waals surface area contributed by atoms with Crippen LogP contribution < -0.4 is 4.72 Å². The first-order valence-corrected chi connectivity index (χ1v) is 8.86. The summed E-state index contributed by atoms with van der Waals surface area (Å²) in [6.45, 7) is 3.57. The van der Waals surface area contributed by atoms with Crippen molar-refractivity contribution in [2.45, 2.75) is 26.1 Å². The average molecular weight is 348 g/mol. The Morgan fingerprint density at radius 2 is 1.96 bits per heavy atom. The fourth-order valence-corrected chi connectivity index (χ4v) is 3.21. The highest BCUT2D eigenvalue weighted by molar-refractivity contribution is 7.88. The smallest absolute Gasteiger partial charge is 0.242 e. The number of hydrogen-bond donors (Lipinski definition) is 1. The summed E-state index contributed by atoms with van der Waals surface area (Å²) in [7, 11) is -3.51. The van der Waals surface area contributed by atoms with E-state index in [1.807, 2.05) is 25.1 Å².